The summed E-state index contributed by atoms with van der Waals surface area (Å²) in [6, 6.07) is 24.4. The van der Waals surface area contributed by atoms with E-state index in [1.165, 1.54) is 11.1 Å². The molecule has 3 amide bonds. The van der Waals surface area contributed by atoms with E-state index in [0.29, 0.717) is 29.8 Å². The van der Waals surface area contributed by atoms with Gasteiger partial charge in [0.05, 0.1) is 10.9 Å². The minimum absolute atomic E-state index is 0.133. The van der Waals surface area contributed by atoms with Crippen LogP contribution in [0.5, 0.6) is 0 Å². The van der Waals surface area contributed by atoms with Gasteiger partial charge in [-0.05, 0) is 114 Å². The molecule has 0 unspecified atom stereocenters. The topological polar surface area (TPSA) is 118 Å². The molecule has 0 saturated carbocycles. The van der Waals surface area contributed by atoms with E-state index in [9.17, 15) is 14.4 Å². The van der Waals surface area contributed by atoms with Gasteiger partial charge in [-0.3, -0.25) is 29.7 Å². The standard InChI is InChI=1S/C46H47FN8O3/c47-44-43-36-8-4-7-34(30-5-2-1-3-6-30)42(37(36)12-13-38(43)50-51-44)31-9-15-40(48-26-31)54-19-17-29(18-20-54)27-52-21-23-53(24-22-52)33-10-11-35-32(25-33)28-55(46(35)58)39-14-16-41(56)49-45(39)57/h1-3,5-6,9-13,15,25-26,29,39H,4,7-8,14,16-24,27-28H2,(H,50,51)(H,49,56,57)/t39-/m0/s1. The first-order valence-corrected chi connectivity index (χ1v) is 20.8. The molecule has 296 valence electrons. The van der Waals surface area contributed by atoms with Crippen molar-refractivity contribution in [2.24, 2.45) is 5.92 Å². The molecule has 1 aliphatic carbocycles. The lowest BCUT2D eigenvalue weighted by Crippen LogP contribution is -2.52. The van der Waals surface area contributed by atoms with Crippen LogP contribution in [0.1, 0.15) is 76.7 Å². The number of piperazine rings is 1. The summed E-state index contributed by atoms with van der Waals surface area (Å²) < 4.78 is 15.0. The second-order valence-corrected chi connectivity index (χ2v) is 16.5. The third kappa shape index (κ3) is 6.72. The number of nitrogens with zero attached hydrogens (tertiary/aromatic N) is 6. The average molecular weight is 779 g/mol. The van der Waals surface area contributed by atoms with E-state index in [0.717, 1.165) is 123 Å². The molecule has 11 nitrogen and oxygen atoms in total. The molecule has 5 aromatic rings. The largest absolute Gasteiger partial charge is 0.369 e. The van der Waals surface area contributed by atoms with E-state index in [1.54, 1.807) is 4.90 Å². The summed E-state index contributed by atoms with van der Waals surface area (Å²) in [6.45, 7) is 7.26. The van der Waals surface area contributed by atoms with Crippen LogP contribution in [0.25, 0.3) is 22.0 Å². The molecule has 4 aliphatic heterocycles. The van der Waals surface area contributed by atoms with Crippen LogP contribution in [0.3, 0.4) is 0 Å². The van der Waals surface area contributed by atoms with Crippen LogP contribution in [0.2, 0.25) is 0 Å². The number of imide groups is 1. The molecule has 0 spiro atoms. The van der Waals surface area contributed by atoms with Crippen molar-refractivity contribution in [3.05, 3.63) is 118 Å². The number of fused-ring (bicyclic) bond motifs is 4. The maximum Gasteiger partial charge on any atom is 0.255 e. The van der Waals surface area contributed by atoms with E-state index in [1.807, 2.05) is 30.5 Å². The van der Waals surface area contributed by atoms with Crippen molar-refractivity contribution in [2.75, 3.05) is 55.6 Å². The molecule has 5 aliphatic rings. The molecule has 58 heavy (non-hydrogen) atoms. The van der Waals surface area contributed by atoms with E-state index < -0.39 is 12.0 Å². The first-order valence-electron chi connectivity index (χ1n) is 20.8. The summed E-state index contributed by atoms with van der Waals surface area (Å²) in [5, 5.41) is 9.74. The van der Waals surface area contributed by atoms with Crippen LogP contribution in [0, 0.1) is 11.9 Å². The lowest BCUT2D eigenvalue weighted by atomic mass is 9.87. The number of carbonyl (C=O) groups excluding carboxylic acids is 3. The number of H-pyrrole nitrogens is 1. The highest BCUT2D eigenvalue weighted by Crippen LogP contribution is 2.42. The first-order chi connectivity index (χ1) is 28.4. The summed E-state index contributed by atoms with van der Waals surface area (Å²) in [5.41, 5.74) is 10.1. The van der Waals surface area contributed by atoms with E-state index in [-0.39, 0.29) is 24.1 Å². The molecule has 2 aromatic heterocycles. The van der Waals surface area contributed by atoms with Crippen LogP contribution < -0.4 is 15.1 Å². The van der Waals surface area contributed by atoms with Gasteiger partial charge in [0.25, 0.3) is 5.91 Å². The number of aryl methyl sites for hydroxylation is 1. The highest BCUT2D eigenvalue weighted by molar-refractivity contribution is 6.06. The number of anilines is 2. The maximum absolute atomic E-state index is 15.0. The molecule has 10 rings (SSSR count). The van der Waals surface area contributed by atoms with Crippen LogP contribution >= 0.6 is 0 Å². The molecule has 6 heterocycles. The van der Waals surface area contributed by atoms with Gasteiger partial charge in [-0.15, -0.1) is 5.10 Å². The highest BCUT2D eigenvalue weighted by Gasteiger charge is 2.39. The van der Waals surface area contributed by atoms with Crippen LogP contribution in [0.15, 0.2) is 79.0 Å². The van der Waals surface area contributed by atoms with E-state index >= 15 is 4.39 Å². The number of aromatic nitrogens is 3. The zero-order chi connectivity index (χ0) is 39.3. The quantitative estimate of drug-likeness (QED) is 0.188. The molecule has 12 heteroatoms. The van der Waals surface area contributed by atoms with Crippen LogP contribution in [-0.2, 0) is 22.6 Å². The third-order valence-electron chi connectivity index (χ3n) is 13.1. The molecule has 1 atom stereocenters. The number of hydrogen-bond acceptors (Lipinski definition) is 8. The molecular formula is C46H47FN8O3. The number of aromatic amines is 1. The lowest BCUT2D eigenvalue weighted by molar-refractivity contribution is -0.136. The van der Waals surface area contributed by atoms with Crippen molar-refractivity contribution in [2.45, 2.75) is 57.5 Å². The van der Waals surface area contributed by atoms with E-state index in [4.69, 9.17) is 4.98 Å². The number of nitrogens with one attached hydrogen (secondary N) is 2. The summed E-state index contributed by atoms with van der Waals surface area (Å²) >= 11 is 0. The monoisotopic (exact) mass is 778 g/mol. The highest BCUT2D eigenvalue weighted by atomic mass is 19.1. The zero-order valence-corrected chi connectivity index (χ0v) is 32.6. The van der Waals surface area contributed by atoms with Crippen LogP contribution in [-0.4, -0.2) is 94.6 Å². The Morgan fingerprint density at radius 3 is 2.36 bits per heavy atom. The van der Waals surface area contributed by atoms with Crippen molar-refractivity contribution in [3.8, 4) is 0 Å². The van der Waals surface area contributed by atoms with Gasteiger partial charge in [0.2, 0.25) is 17.8 Å². The lowest BCUT2D eigenvalue weighted by Gasteiger charge is -2.40. The number of piperidine rings is 2. The van der Waals surface area contributed by atoms with Gasteiger partial charge in [-0.25, -0.2) is 4.98 Å². The Labute approximate surface area is 336 Å². The normalized spacial score (nSPS) is 20.7. The number of allylic oxidation sites excluding steroid dienone is 1. The van der Waals surface area contributed by atoms with Gasteiger partial charge in [-0.1, -0.05) is 36.4 Å². The molecule has 2 N–H and O–H groups in total. The summed E-state index contributed by atoms with van der Waals surface area (Å²) in [4.78, 5) is 51.4. The fourth-order valence-electron chi connectivity index (χ4n) is 10.00. The fraction of sp³-hybridized carbons (Fsp3) is 0.370. The van der Waals surface area contributed by atoms with Crippen molar-refractivity contribution >= 4 is 51.3 Å². The van der Waals surface area contributed by atoms with Crippen molar-refractivity contribution in [1.82, 2.24) is 30.3 Å². The van der Waals surface area contributed by atoms with Gasteiger partial charge in [0, 0.05) is 81.8 Å². The van der Waals surface area contributed by atoms with E-state index in [2.05, 4.69) is 78.7 Å². The second kappa shape index (κ2) is 15.1. The fourth-order valence-corrected chi connectivity index (χ4v) is 10.00. The summed E-state index contributed by atoms with van der Waals surface area (Å²) in [6.07, 6.45) is 7.47. The summed E-state index contributed by atoms with van der Waals surface area (Å²) in [5.74, 6) is 0.405. The molecule has 3 saturated heterocycles. The number of halogens is 1. The number of rotatable bonds is 7. The number of amides is 3. The predicted molar refractivity (Wildman–Crippen MR) is 222 cm³/mol. The van der Waals surface area contributed by atoms with Gasteiger partial charge < -0.3 is 14.7 Å². The predicted octanol–water partition coefficient (Wildman–Crippen LogP) is 6.19. The zero-order valence-electron chi connectivity index (χ0n) is 32.6. The summed E-state index contributed by atoms with van der Waals surface area (Å²) in [7, 11) is 0. The minimum Gasteiger partial charge on any atom is -0.369 e. The van der Waals surface area contributed by atoms with Gasteiger partial charge in [0.1, 0.15) is 11.9 Å². The van der Waals surface area contributed by atoms with Gasteiger partial charge >= 0.3 is 0 Å². The second-order valence-electron chi connectivity index (χ2n) is 16.5. The van der Waals surface area contributed by atoms with Gasteiger partial charge in [-0.2, -0.15) is 4.39 Å². The Kier molecular flexibility index (Phi) is 9.51. The molecular weight excluding hydrogens is 732 g/mol. The van der Waals surface area contributed by atoms with Crippen molar-refractivity contribution in [1.29, 1.82) is 0 Å². The van der Waals surface area contributed by atoms with Crippen LogP contribution in [0.4, 0.5) is 15.9 Å². The Hall–Kier alpha value is -5.88. The Morgan fingerprint density at radius 2 is 1.59 bits per heavy atom. The number of hydrogen-bond donors (Lipinski definition) is 2. The Morgan fingerprint density at radius 1 is 0.776 bits per heavy atom. The maximum atomic E-state index is 15.0. The number of carbonyl (C=O) groups is 3. The number of pyridine rings is 1. The van der Waals surface area contributed by atoms with Crippen molar-refractivity contribution in [3.63, 3.8) is 0 Å². The SMILES string of the molecule is O=C1CC[C@H](N2Cc3cc(N4CCN(CC5CCN(c6ccc(C7=C(c8ccccc8)CCCc8c7ccc7[nH]nc(F)c87)cn6)CC5)CC4)ccc3C2=O)C(=O)N1. The molecule has 0 radical (unpaired) electrons. The molecule has 3 fully saturated rings. The van der Waals surface area contributed by atoms with Gasteiger partial charge in [0.15, 0.2) is 0 Å². The molecule has 0 bridgehead atoms. The van der Waals surface area contributed by atoms with Crippen molar-refractivity contribution < 1.29 is 18.8 Å². The third-order valence-corrected chi connectivity index (χ3v) is 13.1. The first kappa shape index (κ1) is 36.5. The smallest absolute Gasteiger partial charge is 0.255 e. The minimum atomic E-state index is -0.598. The number of benzene rings is 3. The Balaban J connectivity index is 0.766. The molecule has 3 aromatic carbocycles. The average Bonchev–Trinajstić information content (AvgIpc) is 3.72. The Bertz CT molecular complexity index is 2430.